The Labute approximate surface area is 166 Å². The van der Waals surface area contributed by atoms with Crippen LogP contribution in [0.25, 0.3) is 10.9 Å². The summed E-state index contributed by atoms with van der Waals surface area (Å²) >= 11 is 3.46. The number of hydrogen-bond donors (Lipinski definition) is 2. The SMILES string of the molecule is C[C@@H]1C[C@H](C)CN([C@H](C(=O)O)c2cn(CCC(=O)O)c3cc(Br)ccc23)C1. The molecule has 27 heavy (non-hydrogen) atoms. The molecule has 3 rings (SSSR count). The molecule has 6 nitrogen and oxygen atoms in total. The number of fused-ring (bicyclic) bond motifs is 1. The molecule has 0 unspecified atom stereocenters. The molecule has 0 spiro atoms. The number of rotatable bonds is 6. The van der Waals surface area contributed by atoms with Crippen LogP contribution in [0.15, 0.2) is 28.9 Å². The van der Waals surface area contributed by atoms with E-state index in [0.717, 1.165) is 40.4 Å². The van der Waals surface area contributed by atoms with Gasteiger partial charge in [-0.15, -0.1) is 0 Å². The maximum atomic E-state index is 12.2. The Hall–Kier alpha value is -1.86. The van der Waals surface area contributed by atoms with Crippen molar-refractivity contribution in [2.24, 2.45) is 11.8 Å². The molecule has 3 atom stereocenters. The quantitative estimate of drug-likeness (QED) is 0.715. The third-order valence-electron chi connectivity index (χ3n) is 5.23. The molecule has 0 radical (unpaired) electrons. The highest BCUT2D eigenvalue weighted by atomic mass is 79.9. The molecule has 2 N–H and O–H groups in total. The molecule has 0 saturated carbocycles. The first-order valence-corrected chi connectivity index (χ1v) is 10.0. The van der Waals surface area contributed by atoms with E-state index in [1.54, 1.807) is 0 Å². The summed E-state index contributed by atoms with van der Waals surface area (Å²) in [7, 11) is 0. The maximum absolute atomic E-state index is 12.2. The molecule has 0 amide bonds. The Bertz CT molecular complexity index is 853. The minimum absolute atomic E-state index is 0.00868. The first kappa shape index (κ1) is 19.9. The van der Waals surface area contributed by atoms with Crippen LogP contribution in [0, 0.1) is 11.8 Å². The van der Waals surface area contributed by atoms with E-state index < -0.39 is 18.0 Å². The summed E-state index contributed by atoms with van der Waals surface area (Å²) in [5.74, 6) is -0.839. The van der Waals surface area contributed by atoms with Crippen LogP contribution in [0.1, 0.15) is 38.3 Å². The second kappa shape index (κ2) is 8.02. The summed E-state index contributed by atoms with van der Waals surface area (Å²) < 4.78 is 2.74. The van der Waals surface area contributed by atoms with Crippen molar-refractivity contribution in [1.82, 2.24) is 9.47 Å². The van der Waals surface area contributed by atoms with Gasteiger partial charge in [-0.25, -0.2) is 0 Å². The van der Waals surface area contributed by atoms with Gasteiger partial charge >= 0.3 is 11.9 Å². The third kappa shape index (κ3) is 4.35. The lowest BCUT2D eigenvalue weighted by Gasteiger charge is -2.38. The zero-order valence-electron chi connectivity index (χ0n) is 15.6. The second-order valence-electron chi connectivity index (χ2n) is 7.72. The van der Waals surface area contributed by atoms with Crippen LogP contribution in [-0.4, -0.2) is 44.7 Å². The molecule has 0 bridgehead atoms. The number of aryl methyl sites for hydroxylation is 1. The van der Waals surface area contributed by atoms with Crippen LogP contribution in [0.2, 0.25) is 0 Å². The van der Waals surface area contributed by atoms with Crippen LogP contribution in [0.5, 0.6) is 0 Å². The summed E-state index contributed by atoms with van der Waals surface area (Å²) in [5.41, 5.74) is 1.58. The van der Waals surface area contributed by atoms with Gasteiger partial charge in [-0.3, -0.25) is 14.5 Å². The van der Waals surface area contributed by atoms with E-state index in [2.05, 4.69) is 34.7 Å². The molecule has 7 heteroatoms. The Morgan fingerprint density at radius 3 is 2.48 bits per heavy atom. The maximum Gasteiger partial charge on any atom is 0.325 e. The van der Waals surface area contributed by atoms with Crippen molar-refractivity contribution in [3.05, 3.63) is 34.4 Å². The van der Waals surface area contributed by atoms with Gasteiger partial charge in [0.1, 0.15) is 6.04 Å². The average Bonchev–Trinajstić information content (AvgIpc) is 2.89. The van der Waals surface area contributed by atoms with Gasteiger partial charge in [0.05, 0.1) is 6.42 Å². The predicted octanol–water partition coefficient (Wildman–Crippen LogP) is 3.98. The van der Waals surface area contributed by atoms with Gasteiger partial charge in [0, 0.05) is 46.8 Å². The van der Waals surface area contributed by atoms with Crippen LogP contribution in [-0.2, 0) is 16.1 Å². The number of aromatic nitrogens is 1. The fraction of sp³-hybridized carbons (Fsp3) is 0.500. The van der Waals surface area contributed by atoms with Gasteiger partial charge in [0.15, 0.2) is 0 Å². The van der Waals surface area contributed by atoms with E-state index in [1.807, 2.05) is 29.0 Å². The van der Waals surface area contributed by atoms with Crippen molar-refractivity contribution in [3.8, 4) is 0 Å². The largest absolute Gasteiger partial charge is 0.481 e. The van der Waals surface area contributed by atoms with E-state index >= 15 is 0 Å². The third-order valence-corrected chi connectivity index (χ3v) is 5.73. The lowest BCUT2D eigenvalue weighted by Crippen LogP contribution is -2.43. The normalized spacial score (nSPS) is 22.0. The molecule has 2 aromatic rings. The number of halogens is 1. The van der Waals surface area contributed by atoms with Crippen LogP contribution in [0.4, 0.5) is 0 Å². The Balaban J connectivity index is 2.06. The molecule has 1 aromatic carbocycles. The molecule has 1 fully saturated rings. The lowest BCUT2D eigenvalue weighted by molar-refractivity contribution is -0.144. The monoisotopic (exact) mass is 436 g/mol. The van der Waals surface area contributed by atoms with Crippen molar-refractivity contribution in [3.63, 3.8) is 0 Å². The Morgan fingerprint density at radius 2 is 1.89 bits per heavy atom. The van der Waals surface area contributed by atoms with Crippen LogP contribution < -0.4 is 0 Å². The highest BCUT2D eigenvalue weighted by Crippen LogP contribution is 2.35. The molecular weight excluding hydrogens is 412 g/mol. The molecular formula is C20H25BrN2O4. The summed E-state index contributed by atoms with van der Waals surface area (Å²) in [6.45, 7) is 6.13. The number of piperidine rings is 1. The zero-order chi connectivity index (χ0) is 19.7. The fourth-order valence-electron chi connectivity index (χ4n) is 4.32. The van der Waals surface area contributed by atoms with Crippen molar-refractivity contribution in [2.45, 2.75) is 39.3 Å². The Kier molecular flexibility index (Phi) is 5.91. The van der Waals surface area contributed by atoms with Gasteiger partial charge < -0.3 is 14.8 Å². The van der Waals surface area contributed by atoms with Crippen molar-refractivity contribution >= 4 is 38.8 Å². The number of benzene rings is 1. The van der Waals surface area contributed by atoms with Gasteiger partial charge in [-0.1, -0.05) is 35.8 Å². The molecule has 146 valence electrons. The highest BCUT2D eigenvalue weighted by Gasteiger charge is 2.34. The summed E-state index contributed by atoms with van der Waals surface area (Å²) in [6.07, 6.45) is 2.92. The van der Waals surface area contributed by atoms with Crippen LogP contribution in [0.3, 0.4) is 0 Å². The van der Waals surface area contributed by atoms with E-state index in [-0.39, 0.29) is 6.42 Å². The average molecular weight is 437 g/mol. The first-order valence-electron chi connectivity index (χ1n) is 9.23. The van der Waals surface area contributed by atoms with E-state index in [4.69, 9.17) is 5.11 Å². The van der Waals surface area contributed by atoms with E-state index in [9.17, 15) is 14.7 Å². The topological polar surface area (TPSA) is 82.8 Å². The molecule has 2 heterocycles. The molecule has 1 aliphatic heterocycles. The minimum atomic E-state index is -0.873. The number of likely N-dealkylation sites (tertiary alicyclic amines) is 1. The van der Waals surface area contributed by atoms with Crippen molar-refractivity contribution in [2.75, 3.05) is 13.1 Å². The Morgan fingerprint density at radius 1 is 1.22 bits per heavy atom. The van der Waals surface area contributed by atoms with E-state index in [1.165, 1.54) is 0 Å². The number of carbonyl (C=O) groups is 2. The summed E-state index contributed by atoms with van der Waals surface area (Å²) in [6, 6.07) is 5.00. The lowest BCUT2D eigenvalue weighted by atomic mass is 9.89. The first-order chi connectivity index (χ1) is 12.8. The smallest absolute Gasteiger partial charge is 0.325 e. The number of carboxylic acid groups (broad SMARTS) is 2. The van der Waals surface area contributed by atoms with E-state index in [0.29, 0.717) is 18.4 Å². The molecule has 1 aliphatic rings. The standard InChI is InChI=1S/C20H25BrN2O4/c1-12-7-13(2)10-23(9-12)19(20(26)27)16-11-22(6-5-18(24)25)17-8-14(21)3-4-15(16)17/h3-4,8,11-13,19H,5-7,9-10H2,1-2H3,(H,24,25)(H,26,27)/t12-,13+,19-/m0/s1. The van der Waals surface area contributed by atoms with Crippen LogP contribution >= 0.6 is 15.9 Å². The van der Waals surface area contributed by atoms with Gasteiger partial charge in [0.2, 0.25) is 0 Å². The van der Waals surface area contributed by atoms with Gasteiger partial charge in [0.25, 0.3) is 0 Å². The number of carboxylic acids is 2. The molecule has 1 aromatic heterocycles. The fourth-order valence-corrected chi connectivity index (χ4v) is 4.67. The number of hydrogen-bond acceptors (Lipinski definition) is 3. The highest BCUT2D eigenvalue weighted by molar-refractivity contribution is 9.10. The number of nitrogens with zero attached hydrogens (tertiary/aromatic N) is 2. The van der Waals surface area contributed by atoms with Crippen molar-refractivity contribution < 1.29 is 19.8 Å². The van der Waals surface area contributed by atoms with Gasteiger partial charge in [-0.2, -0.15) is 0 Å². The second-order valence-corrected chi connectivity index (χ2v) is 8.64. The number of aliphatic carboxylic acids is 2. The van der Waals surface area contributed by atoms with Crippen molar-refractivity contribution in [1.29, 1.82) is 0 Å². The minimum Gasteiger partial charge on any atom is -0.481 e. The molecule has 1 saturated heterocycles. The summed E-state index contributed by atoms with van der Waals surface area (Å²) in [5, 5.41) is 19.9. The van der Waals surface area contributed by atoms with Gasteiger partial charge in [-0.05, 0) is 30.4 Å². The molecule has 0 aliphatic carbocycles. The summed E-state index contributed by atoms with van der Waals surface area (Å²) in [4.78, 5) is 25.3. The predicted molar refractivity (Wildman–Crippen MR) is 107 cm³/mol. The zero-order valence-corrected chi connectivity index (χ0v) is 17.1.